The normalized spacial score (nSPS) is 26.8. The summed E-state index contributed by atoms with van der Waals surface area (Å²) < 4.78 is 1.99. The van der Waals surface area contributed by atoms with E-state index in [9.17, 15) is 0 Å². The molecule has 2 fully saturated rings. The van der Waals surface area contributed by atoms with Crippen LogP contribution in [0.5, 0.6) is 0 Å². The van der Waals surface area contributed by atoms with E-state index in [1.165, 1.54) is 18.5 Å². The minimum Gasteiger partial charge on any atom is -0.328 e. The van der Waals surface area contributed by atoms with Gasteiger partial charge in [-0.25, -0.2) is 9.97 Å². The van der Waals surface area contributed by atoms with Crippen LogP contribution in [0, 0.1) is 12.8 Å². The Kier molecular flexibility index (Phi) is 4.12. The molecule has 4 rings (SSSR count). The maximum atomic E-state index is 6.67. The van der Waals surface area contributed by atoms with Crippen LogP contribution >= 0.6 is 0 Å². The van der Waals surface area contributed by atoms with Gasteiger partial charge in [0, 0.05) is 30.5 Å². The quantitative estimate of drug-likeness (QED) is 0.889. The van der Waals surface area contributed by atoms with Crippen LogP contribution in [-0.4, -0.2) is 25.8 Å². The van der Waals surface area contributed by atoms with Crippen LogP contribution in [-0.2, 0) is 19.0 Å². The van der Waals surface area contributed by atoms with Crippen LogP contribution in [0.1, 0.15) is 55.6 Å². The summed E-state index contributed by atoms with van der Waals surface area (Å²) in [6.07, 6.45) is 11.1. The lowest BCUT2D eigenvalue weighted by Gasteiger charge is -2.34. The van der Waals surface area contributed by atoms with Crippen molar-refractivity contribution in [3.63, 3.8) is 0 Å². The number of aryl methyl sites for hydroxylation is 2. The second-order valence-corrected chi connectivity index (χ2v) is 7.99. The fraction of sp³-hybridized carbons (Fsp3) is 0.632. The summed E-state index contributed by atoms with van der Waals surface area (Å²) in [5.74, 6) is 1.55. The molecule has 2 aliphatic carbocycles. The van der Waals surface area contributed by atoms with Gasteiger partial charge in [0.2, 0.25) is 0 Å². The molecule has 0 unspecified atom stereocenters. The Labute approximate surface area is 149 Å². The van der Waals surface area contributed by atoms with Gasteiger partial charge in [-0.15, -0.1) is 0 Å². The van der Waals surface area contributed by atoms with E-state index in [-0.39, 0.29) is 6.04 Å². The molecule has 0 aliphatic heterocycles. The van der Waals surface area contributed by atoms with Crippen molar-refractivity contribution < 1.29 is 0 Å². The summed E-state index contributed by atoms with van der Waals surface area (Å²) in [6, 6.07) is 0.255. The first-order valence-electron chi connectivity index (χ1n) is 9.36. The molecule has 2 saturated carbocycles. The molecule has 134 valence electrons. The largest absolute Gasteiger partial charge is 0.328 e. The lowest BCUT2D eigenvalue weighted by atomic mass is 9.79. The summed E-state index contributed by atoms with van der Waals surface area (Å²) in [5.41, 5.74) is 16.7. The lowest BCUT2D eigenvalue weighted by molar-refractivity contribution is 0.264. The third-order valence-corrected chi connectivity index (χ3v) is 5.84. The molecule has 0 spiro atoms. The van der Waals surface area contributed by atoms with Gasteiger partial charge >= 0.3 is 0 Å². The van der Waals surface area contributed by atoms with Crippen molar-refractivity contribution in [2.75, 3.05) is 0 Å². The van der Waals surface area contributed by atoms with Gasteiger partial charge in [-0.1, -0.05) is 0 Å². The van der Waals surface area contributed by atoms with E-state index in [2.05, 4.69) is 17.0 Å². The third kappa shape index (κ3) is 3.20. The number of rotatable bonds is 4. The van der Waals surface area contributed by atoms with Crippen molar-refractivity contribution in [2.24, 2.45) is 24.4 Å². The van der Waals surface area contributed by atoms with Crippen molar-refractivity contribution in [1.82, 2.24) is 19.7 Å². The topological polar surface area (TPSA) is 95.6 Å². The van der Waals surface area contributed by atoms with Gasteiger partial charge in [-0.3, -0.25) is 4.68 Å². The van der Waals surface area contributed by atoms with E-state index in [1.54, 1.807) is 0 Å². The monoisotopic (exact) mass is 340 g/mol. The molecular weight excluding hydrogens is 312 g/mol. The molecule has 2 aliphatic rings. The Morgan fingerprint density at radius 2 is 1.92 bits per heavy atom. The first-order valence-corrected chi connectivity index (χ1v) is 9.36. The zero-order valence-electron chi connectivity index (χ0n) is 15.2. The summed E-state index contributed by atoms with van der Waals surface area (Å²) in [7, 11) is 2.02. The molecule has 0 saturated heterocycles. The number of hydrogen-bond donors (Lipinski definition) is 2. The van der Waals surface area contributed by atoms with Crippen LogP contribution in [0.2, 0.25) is 0 Å². The molecule has 0 aromatic carbocycles. The van der Waals surface area contributed by atoms with Crippen LogP contribution in [0.15, 0.2) is 12.4 Å². The average Bonchev–Trinajstić information content (AvgIpc) is 3.35. The van der Waals surface area contributed by atoms with Crippen molar-refractivity contribution in [3.05, 3.63) is 29.5 Å². The van der Waals surface area contributed by atoms with E-state index in [0.717, 1.165) is 60.7 Å². The molecule has 2 aromatic heterocycles. The maximum Gasteiger partial charge on any atom is 0.148 e. The van der Waals surface area contributed by atoms with Crippen LogP contribution < -0.4 is 11.5 Å². The van der Waals surface area contributed by atoms with Crippen LogP contribution in [0.4, 0.5) is 0 Å². The molecular formula is C19H28N6. The van der Waals surface area contributed by atoms with Gasteiger partial charge in [0.15, 0.2) is 0 Å². The molecule has 0 bridgehead atoms. The highest BCUT2D eigenvalue weighted by Gasteiger charge is 2.35. The van der Waals surface area contributed by atoms with E-state index in [4.69, 9.17) is 16.5 Å². The lowest BCUT2D eigenvalue weighted by Crippen LogP contribution is -2.45. The summed E-state index contributed by atoms with van der Waals surface area (Å²) in [6.45, 7) is 2.06. The second kappa shape index (κ2) is 6.18. The highest BCUT2D eigenvalue weighted by Crippen LogP contribution is 2.37. The standard InChI is InChI=1S/C19H28N6/c1-12-10-22-18(19(21)7-5-14(20)6-8-19)24-17(12)15-11-23-25(2)16(15)9-13-3-4-13/h10-11,13-14H,3-9,20-21H2,1-2H3. The number of aromatic nitrogens is 4. The Morgan fingerprint density at radius 3 is 2.60 bits per heavy atom. The van der Waals surface area contributed by atoms with E-state index >= 15 is 0 Å². The van der Waals surface area contributed by atoms with Gasteiger partial charge in [0.05, 0.1) is 17.4 Å². The van der Waals surface area contributed by atoms with Gasteiger partial charge in [-0.2, -0.15) is 5.10 Å². The Balaban J connectivity index is 1.71. The number of hydrogen-bond acceptors (Lipinski definition) is 5. The summed E-state index contributed by atoms with van der Waals surface area (Å²) >= 11 is 0. The fourth-order valence-electron chi connectivity index (χ4n) is 3.83. The smallest absolute Gasteiger partial charge is 0.148 e. The molecule has 2 aromatic rings. The van der Waals surface area contributed by atoms with Gasteiger partial charge < -0.3 is 11.5 Å². The van der Waals surface area contributed by atoms with Gasteiger partial charge in [0.25, 0.3) is 0 Å². The van der Waals surface area contributed by atoms with E-state index < -0.39 is 5.54 Å². The minimum absolute atomic E-state index is 0.255. The average molecular weight is 340 g/mol. The molecule has 6 nitrogen and oxygen atoms in total. The Hall–Kier alpha value is -1.79. The molecule has 6 heteroatoms. The molecule has 0 amide bonds. The number of nitrogens with zero attached hydrogens (tertiary/aromatic N) is 4. The third-order valence-electron chi connectivity index (χ3n) is 5.84. The number of nitrogens with two attached hydrogens (primary N) is 2. The molecule has 0 radical (unpaired) electrons. The first-order chi connectivity index (χ1) is 12.0. The highest BCUT2D eigenvalue weighted by molar-refractivity contribution is 5.64. The van der Waals surface area contributed by atoms with E-state index in [0.29, 0.717) is 0 Å². The maximum absolute atomic E-state index is 6.67. The zero-order valence-corrected chi connectivity index (χ0v) is 15.2. The molecule has 2 heterocycles. The zero-order chi connectivity index (χ0) is 17.6. The van der Waals surface area contributed by atoms with Crippen molar-refractivity contribution in [2.45, 2.75) is 63.5 Å². The Bertz CT molecular complexity index is 768. The van der Waals surface area contributed by atoms with Gasteiger partial charge in [0.1, 0.15) is 5.82 Å². The van der Waals surface area contributed by atoms with Crippen LogP contribution in [0.3, 0.4) is 0 Å². The SMILES string of the molecule is Cc1cnc(C2(N)CCC(N)CC2)nc1-c1cnn(C)c1CC1CC1. The molecule has 25 heavy (non-hydrogen) atoms. The fourth-order valence-corrected chi connectivity index (χ4v) is 3.83. The second-order valence-electron chi connectivity index (χ2n) is 7.99. The first kappa shape index (κ1) is 16.7. The molecule has 4 N–H and O–H groups in total. The van der Waals surface area contributed by atoms with Crippen molar-refractivity contribution in [3.8, 4) is 11.3 Å². The highest BCUT2D eigenvalue weighted by atomic mass is 15.3. The van der Waals surface area contributed by atoms with Gasteiger partial charge in [-0.05, 0) is 63.4 Å². The molecule has 0 atom stereocenters. The summed E-state index contributed by atoms with van der Waals surface area (Å²) in [5, 5.41) is 4.49. The van der Waals surface area contributed by atoms with Crippen molar-refractivity contribution >= 4 is 0 Å². The summed E-state index contributed by atoms with van der Waals surface area (Å²) in [4.78, 5) is 9.52. The predicted octanol–water partition coefficient (Wildman–Crippen LogP) is 2.19. The predicted molar refractivity (Wildman–Crippen MR) is 97.7 cm³/mol. The van der Waals surface area contributed by atoms with Crippen molar-refractivity contribution in [1.29, 1.82) is 0 Å². The van der Waals surface area contributed by atoms with E-state index in [1.807, 2.05) is 24.1 Å². The minimum atomic E-state index is -0.461. The van der Waals surface area contributed by atoms with Crippen LogP contribution in [0.25, 0.3) is 11.3 Å². The Morgan fingerprint density at radius 1 is 1.20 bits per heavy atom.